The van der Waals surface area contributed by atoms with Crippen LogP contribution in [0.2, 0.25) is 0 Å². The van der Waals surface area contributed by atoms with Gasteiger partial charge in [0.2, 0.25) is 0 Å². The van der Waals surface area contributed by atoms with Gasteiger partial charge in [-0.3, -0.25) is 0 Å². The van der Waals surface area contributed by atoms with E-state index in [0.717, 1.165) is 30.2 Å². The maximum atomic E-state index is 5.30. The standard InChI is InChI=1S/C24H25N3O/c1-17-24(18(2)27(26-17)22-7-5-4-6-8-22)16-25-15-19-9-10-21-14-23(28-3)12-11-20(21)13-19/h4-14,25H,15-16H2,1-3H3. The number of benzene rings is 3. The Hall–Kier alpha value is -3.11. The number of aromatic nitrogens is 2. The minimum Gasteiger partial charge on any atom is -0.497 e. The lowest BCUT2D eigenvalue weighted by atomic mass is 10.1. The van der Waals surface area contributed by atoms with E-state index in [4.69, 9.17) is 9.84 Å². The van der Waals surface area contributed by atoms with E-state index in [2.05, 4.69) is 61.6 Å². The highest BCUT2D eigenvalue weighted by Gasteiger charge is 2.12. The number of fused-ring (bicyclic) bond motifs is 1. The summed E-state index contributed by atoms with van der Waals surface area (Å²) >= 11 is 0. The molecule has 4 aromatic rings. The number of hydrogen-bond donors (Lipinski definition) is 1. The van der Waals surface area contributed by atoms with E-state index >= 15 is 0 Å². The molecule has 0 saturated heterocycles. The molecule has 1 aromatic heterocycles. The van der Waals surface area contributed by atoms with E-state index in [1.165, 1.54) is 27.6 Å². The van der Waals surface area contributed by atoms with Gasteiger partial charge >= 0.3 is 0 Å². The van der Waals surface area contributed by atoms with Crippen molar-refractivity contribution in [3.63, 3.8) is 0 Å². The van der Waals surface area contributed by atoms with Crippen LogP contribution in [-0.4, -0.2) is 16.9 Å². The van der Waals surface area contributed by atoms with Gasteiger partial charge in [-0.15, -0.1) is 0 Å². The largest absolute Gasteiger partial charge is 0.497 e. The monoisotopic (exact) mass is 371 g/mol. The predicted molar refractivity (Wildman–Crippen MR) is 114 cm³/mol. The highest BCUT2D eigenvalue weighted by molar-refractivity contribution is 5.84. The SMILES string of the molecule is COc1ccc2cc(CNCc3c(C)nn(-c4ccccc4)c3C)ccc2c1. The van der Waals surface area contributed by atoms with Gasteiger partial charge in [-0.2, -0.15) is 5.10 Å². The summed E-state index contributed by atoms with van der Waals surface area (Å²) in [5.74, 6) is 0.889. The number of rotatable bonds is 6. The highest BCUT2D eigenvalue weighted by Crippen LogP contribution is 2.22. The predicted octanol–water partition coefficient (Wildman–Crippen LogP) is 4.94. The minimum atomic E-state index is 0.797. The summed E-state index contributed by atoms with van der Waals surface area (Å²) in [6, 6.07) is 23.0. The minimum absolute atomic E-state index is 0.797. The molecule has 4 rings (SSSR count). The molecule has 4 heteroatoms. The van der Waals surface area contributed by atoms with Crippen molar-refractivity contribution in [3.8, 4) is 11.4 Å². The van der Waals surface area contributed by atoms with Crippen molar-refractivity contribution in [1.29, 1.82) is 0 Å². The van der Waals surface area contributed by atoms with E-state index in [1.54, 1.807) is 7.11 Å². The van der Waals surface area contributed by atoms with E-state index in [-0.39, 0.29) is 0 Å². The van der Waals surface area contributed by atoms with Gasteiger partial charge in [-0.25, -0.2) is 4.68 Å². The molecule has 3 aromatic carbocycles. The number of aryl methyl sites for hydroxylation is 1. The molecule has 0 unspecified atom stereocenters. The lowest BCUT2D eigenvalue weighted by molar-refractivity contribution is 0.415. The smallest absolute Gasteiger partial charge is 0.119 e. The number of para-hydroxylation sites is 1. The van der Waals surface area contributed by atoms with Crippen LogP contribution in [0.1, 0.15) is 22.5 Å². The number of methoxy groups -OCH3 is 1. The van der Waals surface area contributed by atoms with E-state index < -0.39 is 0 Å². The van der Waals surface area contributed by atoms with Crippen LogP contribution in [0.25, 0.3) is 16.5 Å². The van der Waals surface area contributed by atoms with Crippen LogP contribution < -0.4 is 10.1 Å². The quantitative estimate of drug-likeness (QED) is 0.522. The Balaban J connectivity index is 1.47. The second kappa shape index (κ2) is 7.87. The number of nitrogens with one attached hydrogen (secondary N) is 1. The average molecular weight is 371 g/mol. The van der Waals surface area contributed by atoms with Crippen LogP contribution in [0.5, 0.6) is 5.75 Å². The summed E-state index contributed by atoms with van der Waals surface area (Å²) in [6.07, 6.45) is 0. The lowest BCUT2D eigenvalue weighted by Gasteiger charge is -2.08. The average Bonchev–Trinajstić information content (AvgIpc) is 3.02. The normalized spacial score (nSPS) is 11.1. The zero-order valence-electron chi connectivity index (χ0n) is 16.6. The first kappa shape index (κ1) is 18.3. The van der Waals surface area contributed by atoms with Crippen LogP contribution >= 0.6 is 0 Å². The summed E-state index contributed by atoms with van der Waals surface area (Å²) in [6.45, 7) is 5.82. The van der Waals surface area contributed by atoms with Crippen molar-refractivity contribution >= 4 is 10.8 Å². The lowest BCUT2D eigenvalue weighted by Crippen LogP contribution is -2.14. The number of ether oxygens (including phenoxy) is 1. The van der Waals surface area contributed by atoms with Gasteiger partial charge in [0.05, 0.1) is 18.5 Å². The van der Waals surface area contributed by atoms with Gasteiger partial charge in [0, 0.05) is 24.3 Å². The fourth-order valence-electron chi connectivity index (χ4n) is 3.59. The van der Waals surface area contributed by atoms with Crippen LogP contribution in [0.3, 0.4) is 0 Å². The molecule has 4 nitrogen and oxygen atoms in total. The molecule has 0 radical (unpaired) electrons. The number of hydrogen-bond acceptors (Lipinski definition) is 3. The Labute approximate surface area is 165 Å². The van der Waals surface area contributed by atoms with Gasteiger partial charge in [-0.05, 0) is 60.5 Å². The maximum Gasteiger partial charge on any atom is 0.119 e. The molecular formula is C24H25N3O. The van der Waals surface area contributed by atoms with Crippen LogP contribution in [0, 0.1) is 13.8 Å². The third-order valence-electron chi connectivity index (χ3n) is 5.18. The molecule has 0 fully saturated rings. The molecular weight excluding hydrogens is 346 g/mol. The summed E-state index contributed by atoms with van der Waals surface area (Å²) < 4.78 is 7.33. The van der Waals surface area contributed by atoms with E-state index in [9.17, 15) is 0 Å². The topological polar surface area (TPSA) is 39.1 Å². The molecule has 0 aliphatic rings. The summed E-state index contributed by atoms with van der Waals surface area (Å²) in [5.41, 5.74) is 5.87. The van der Waals surface area contributed by atoms with Crippen molar-refractivity contribution < 1.29 is 4.74 Å². The van der Waals surface area contributed by atoms with Crippen molar-refractivity contribution in [2.75, 3.05) is 7.11 Å². The molecule has 1 N–H and O–H groups in total. The molecule has 142 valence electrons. The molecule has 0 aliphatic carbocycles. The maximum absolute atomic E-state index is 5.30. The first-order chi connectivity index (χ1) is 13.7. The van der Waals surface area contributed by atoms with Gasteiger partial charge in [0.15, 0.2) is 0 Å². The molecule has 1 heterocycles. The molecule has 0 saturated carbocycles. The second-order valence-electron chi connectivity index (χ2n) is 7.05. The third kappa shape index (κ3) is 3.64. The van der Waals surface area contributed by atoms with Gasteiger partial charge in [-0.1, -0.05) is 36.4 Å². The number of nitrogens with zero attached hydrogens (tertiary/aromatic N) is 2. The Bertz CT molecular complexity index is 1100. The van der Waals surface area contributed by atoms with Crippen LogP contribution in [-0.2, 0) is 13.1 Å². The molecule has 28 heavy (non-hydrogen) atoms. The summed E-state index contributed by atoms with van der Waals surface area (Å²) in [4.78, 5) is 0. The molecule has 0 spiro atoms. The van der Waals surface area contributed by atoms with Crippen LogP contribution in [0.15, 0.2) is 66.7 Å². The van der Waals surface area contributed by atoms with Gasteiger partial charge in [0.1, 0.15) is 5.75 Å². The Morgan fingerprint density at radius 2 is 1.64 bits per heavy atom. The van der Waals surface area contributed by atoms with Crippen molar-refractivity contribution in [1.82, 2.24) is 15.1 Å². The van der Waals surface area contributed by atoms with E-state index in [0.29, 0.717) is 0 Å². The van der Waals surface area contributed by atoms with Gasteiger partial charge in [0.25, 0.3) is 0 Å². The van der Waals surface area contributed by atoms with Crippen molar-refractivity contribution in [3.05, 3.63) is 89.2 Å². The Kier molecular flexibility index (Phi) is 5.13. The fraction of sp³-hybridized carbons (Fsp3) is 0.208. The highest BCUT2D eigenvalue weighted by atomic mass is 16.5. The summed E-state index contributed by atoms with van der Waals surface area (Å²) in [5, 5.41) is 10.7. The van der Waals surface area contributed by atoms with Crippen molar-refractivity contribution in [2.24, 2.45) is 0 Å². The molecule has 0 atom stereocenters. The molecule has 0 bridgehead atoms. The van der Waals surface area contributed by atoms with Crippen LogP contribution in [0.4, 0.5) is 0 Å². The summed E-state index contributed by atoms with van der Waals surface area (Å²) in [7, 11) is 1.70. The van der Waals surface area contributed by atoms with Gasteiger partial charge < -0.3 is 10.1 Å². The molecule has 0 amide bonds. The Morgan fingerprint density at radius 1 is 0.893 bits per heavy atom. The van der Waals surface area contributed by atoms with Crippen molar-refractivity contribution in [2.45, 2.75) is 26.9 Å². The first-order valence-electron chi connectivity index (χ1n) is 9.53. The first-order valence-corrected chi connectivity index (χ1v) is 9.53. The zero-order chi connectivity index (χ0) is 19.5. The second-order valence-corrected chi connectivity index (χ2v) is 7.05. The Morgan fingerprint density at radius 3 is 2.43 bits per heavy atom. The van der Waals surface area contributed by atoms with E-state index in [1.807, 2.05) is 28.9 Å². The fourth-order valence-corrected chi connectivity index (χ4v) is 3.59. The third-order valence-corrected chi connectivity index (χ3v) is 5.18. The zero-order valence-corrected chi connectivity index (χ0v) is 16.6. The molecule has 0 aliphatic heterocycles.